The van der Waals surface area contributed by atoms with E-state index in [0.29, 0.717) is 18.0 Å². The fourth-order valence-electron chi connectivity index (χ4n) is 2.41. The molecule has 89 valence electrons. The monoisotopic (exact) mass is 220 g/mol. The van der Waals surface area contributed by atoms with E-state index in [9.17, 15) is 0 Å². The van der Waals surface area contributed by atoms with Crippen LogP contribution in [-0.2, 0) is 4.74 Å². The van der Waals surface area contributed by atoms with Gasteiger partial charge in [0.1, 0.15) is 5.76 Å². The lowest BCUT2D eigenvalue weighted by Gasteiger charge is -2.34. The van der Waals surface area contributed by atoms with Crippen LogP contribution in [0.3, 0.4) is 0 Å². The zero-order valence-corrected chi connectivity index (χ0v) is 10.3. The van der Waals surface area contributed by atoms with E-state index in [0.717, 1.165) is 18.8 Å². The second kappa shape index (κ2) is 5.53. The molecule has 0 spiro atoms. The van der Waals surface area contributed by atoms with Crippen molar-refractivity contribution in [1.29, 1.82) is 0 Å². The van der Waals surface area contributed by atoms with Gasteiger partial charge < -0.3 is 10.1 Å². The summed E-state index contributed by atoms with van der Waals surface area (Å²) in [4.78, 5) is 0. The Morgan fingerprint density at radius 1 is 1.38 bits per heavy atom. The first-order valence-corrected chi connectivity index (χ1v) is 6.34. The summed E-state index contributed by atoms with van der Waals surface area (Å²) in [7, 11) is 0. The van der Waals surface area contributed by atoms with Gasteiger partial charge in [-0.3, -0.25) is 0 Å². The van der Waals surface area contributed by atoms with Gasteiger partial charge >= 0.3 is 0 Å². The highest BCUT2D eigenvalue weighted by Crippen LogP contribution is 2.22. The zero-order chi connectivity index (χ0) is 11.4. The van der Waals surface area contributed by atoms with Gasteiger partial charge in [-0.1, -0.05) is 12.2 Å². The maximum absolute atomic E-state index is 5.84. The van der Waals surface area contributed by atoms with E-state index in [1.807, 2.05) is 6.08 Å². The molecule has 1 heterocycles. The fourth-order valence-corrected chi connectivity index (χ4v) is 2.41. The van der Waals surface area contributed by atoms with Crippen LogP contribution in [0.15, 0.2) is 24.0 Å². The lowest BCUT2D eigenvalue weighted by molar-refractivity contribution is 0.119. The number of rotatable bonds is 3. The Morgan fingerprint density at radius 2 is 2.25 bits per heavy atom. The highest BCUT2D eigenvalue weighted by atomic mass is 16.5. The molecule has 1 saturated heterocycles. The highest BCUT2D eigenvalue weighted by Gasteiger charge is 2.25. The number of hydrogen-bond acceptors (Lipinski definition) is 2. The van der Waals surface area contributed by atoms with Crippen molar-refractivity contribution in [3.05, 3.63) is 30.4 Å². The van der Waals surface area contributed by atoms with Gasteiger partial charge in [0.15, 0.2) is 0 Å². The van der Waals surface area contributed by atoms with Crippen LogP contribution in [0, 0.1) is 12.3 Å². The molecule has 0 aromatic carbocycles. The van der Waals surface area contributed by atoms with E-state index < -0.39 is 0 Å². The van der Waals surface area contributed by atoms with Crippen molar-refractivity contribution in [1.82, 2.24) is 5.32 Å². The van der Waals surface area contributed by atoms with Crippen LogP contribution in [0.25, 0.3) is 0 Å². The van der Waals surface area contributed by atoms with Crippen molar-refractivity contribution >= 4 is 0 Å². The molecule has 0 bridgehead atoms. The minimum absolute atomic E-state index is 0.573. The number of allylic oxidation sites excluding steroid dienone is 4. The van der Waals surface area contributed by atoms with Crippen LogP contribution in [0.5, 0.6) is 0 Å². The first-order chi connectivity index (χ1) is 7.75. The number of nitrogens with one attached hydrogen (secondary N) is 1. The summed E-state index contributed by atoms with van der Waals surface area (Å²) < 4.78 is 5.84. The Kier molecular flexibility index (Phi) is 4.05. The fraction of sp³-hybridized carbons (Fsp3) is 0.643. The van der Waals surface area contributed by atoms with Crippen LogP contribution in [0.2, 0.25) is 0 Å². The molecule has 2 aliphatic rings. The molecule has 0 aromatic heterocycles. The second-order valence-electron chi connectivity index (χ2n) is 4.94. The molecule has 3 unspecified atom stereocenters. The minimum Gasteiger partial charge on any atom is -0.497 e. The summed E-state index contributed by atoms with van der Waals surface area (Å²) in [6.45, 7) is 5.37. The Labute approximate surface area is 98.8 Å². The maximum Gasteiger partial charge on any atom is 0.100 e. The van der Waals surface area contributed by atoms with E-state index in [2.05, 4.69) is 37.7 Å². The molecule has 1 radical (unpaired) electrons. The van der Waals surface area contributed by atoms with Gasteiger partial charge in [-0.15, -0.1) is 0 Å². The predicted molar refractivity (Wildman–Crippen MR) is 66.9 cm³/mol. The summed E-state index contributed by atoms with van der Waals surface area (Å²) >= 11 is 0. The van der Waals surface area contributed by atoms with Crippen molar-refractivity contribution in [3.63, 3.8) is 0 Å². The third-order valence-electron chi connectivity index (χ3n) is 3.54. The van der Waals surface area contributed by atoms with Gasteiger partial charge in [0.05, 0.1) is 6.61 Å². The lowest BCUT2D eigenvalue weighted by atomic mass is 9.89. The van der Waals surface area contributed by atoms with Crippen LogP contribution in [-0.4, -0.2) is 18.7 Å². The SMILES string of the molecule is CC1CCC(COC2=CC=CC[CH]2)C(C)N1. The Bertz CT molecular complexity index is 282. The van der Waals surface area contributed by atoms with Crippen molar-refractivity contribution in [3.8, 4) is 0 Å². The maximum atomic E-state index is 5.84. The molecule has 2 rings (SSSR count). The molecular formula is C14H22NO. The van der Waals surface area contributed by atoms with Crippen LogP contribution in [0.4, 0.5) is 0 Å². The standard InChI is InChI=1S/C14H22NO/c1-11-8-9-13(12(2)15-11)10-16-14-6-4-3-5-7-14/h3-4,6-7,11-13,15H,5,8-10H2,1-2H3. The summed E-state index contributed by atoms with van der Waals surface area (Å²) in [6, 6.07) is 1.23. The molecular weight excluding hydrogens is 198 g/mol. The van der Waals surface area contributed by atoms with Gasteiger partial charge in [0.25, 0.3) is 0 Å². The van der Waals surface area contributed by atoms with Crippen LogP contribution >= 0.6 is 0 Å². The molecule has 1 aliphatic heterocycles. The molecule has 1 aliphatic carbocycles. The van der Waals surface area contributed by atoms with Crippen molar-refractivity contribution in [2.45, 2.75) is 45.2 Å². The second-order valence-corrected chi connectivity index (χ2v) is 4.94. The van der Waals surface area contributed by atoms with Crippen LogP contribution < -0.4 is 5.32 Å². The van der Waals surface area contributed by atoms with Gasteiger partial charge in [0, 0.05) is 24.4 Å². The molecule has 3 atom stereocenters. The number of piperidine rings is 1. The number of hydrogen-bond donors (Lipinski definition) is 1. The van der Waals surface area contributed by atoms with Gasteiger partial charge in [-0.25, -0.2) is 0 Å². The molecule has 2 heteroatoms. The summed E-state index contributed by atoms with van der Waals surface area (Å²) in [6.07, 6.45) is 11.9. The molecule has 0 amide bonds. The summed E-state index contributed by atoms with van der Waals surface area (Å²) in [5.41, 5.74) is 0. The van der Waals surface area contributed by atoms with Crippen molar-refractivity contribution in [2.24, 2.45) is 5.92 Å². The molecule has 2 nitrogen and oxygen atoms in total. The molecule has 16 heavy (non-hydrogen) atoms. The normalized spacial score (nSPS) is 34.6. The van der Waals surface area contributed by atoms with Gasteiger partial charge in [-0.05, 0) is 39.2 Å². The third kappa shape index (κ3) is 3.11. The molecule has 1 fully saturated rings. The molecule has 0 aromatic rings. The first kappa shape index (κ1) is 11.7. The minimum atomic E-state index is 0.573. The smallest absolute Gasteiger partial charge is 0.100 e. The highest BCUT2D eigenvalue weighted by molar-refractivity contribution is 5.21. The topological polar surface area (TPSA) is 21.3 Å². The predicted octanol–water partition coefficient (Wildman–Crippen LogP) is 2.83. The number of ether oxygens (including phenoxy) is 1. The average Bonchev–Trinajstić information content (AvgIpc) is 2.29. The molecule has 1 N–H and O–H groups in total. The average molecular weight is 220 g/mol. The first-order valence-electron chi connectivity index (χ1n) is 6.34. The summed E-state index contributed by atoms with van der Waals surface area (Å²) in [5, 5.41) is 3.59. The van der Waals surface area contributed by atoms with E-state index >= 15 is 0 Å². The van der Waals surface area contributed by atoms with E-state index in [1.54, 1.807) is 0 Å². The Hall–Kier alpha value is -0.760. The van der Waals surface area contributed by atoms with Crippen molar-refractivity contribution in [2.75, 3.05) is 6.61 Å². The van der Waals surface area contributed by atoms with Gasteiger partial charge in [-0.2, -0.15) is 0 Å². The Balaban J connectivity index is 1.77. The molecule has 0 saturated carbocycles. The zero-order valence-electron chi connectivity index (χ0n) is 10.3. The van der Waals surface area contributed by atoms with Crippen molar-refractivity contribution < 1.29 is 4.74 Å². The lowest BCUT2D eigenvalue weighted by Crippen LogP contribution is -2.45. The third-order valence-corrected chi connectivity index (χ3v) is 3.54. The largest absolute Gasteiger partial charge is 0.497 e. The Morgan fingerprint density at radius 3 is 2.94 bits per heavy atom. The van der Waals surface area contributed by atoms with E-state index in [1.165, 1.54) is 12.8 Å². The van der Waals surface area contributed by atoms with E-state index in [-0.39, 0.29) is 0 Å². The quantitative estimate of drug-likeness (QED) is 0.789. The van der Waals surface area contributed by atoms with E-state index in [4.69, 9.17) is 4.74 Å². The van der Waals surface area contributed by atoms with Gasteiger partial charge in [0.2, 0.25) is 0 Å². The van der Waals surface area contributed by atoms with Crippen LogP contribution in [0.1, 0.15) is 33.1 Å². The summed E-state index contributed by atoms with van der Waals surface area (Å²) in [5.74, 6) is 1.68.